The van der Waals surface area contributed by atoms with E-state index in [4.69, 9.17) is 11.6 Å². The highest BCUT2D eigenvalue weighted by Crippen LogP contribution is 2.31. The average Bonchev–Trinajstić information content (AvgIpc) is 2.82. The van der Waals surface area contributed by atoms with E-state index in [9.17, 15) is 19.5 Å². The van der Waals surface area contributed by atoms with Gasteiger partial charge in [-0.15, -0.1) is 0 Å². The molecule has 1 unspecified atom stereocenters. The van der Waals surface area contributed by atoms with Gasteiger partial charge in [0.15, 0.2) is 0 Å². The predicted molar refractivity (Wildman–Crippen MR) is 89.4 cm³/mol. The molecule has 2 aromatic rings. The van der Waals surface area contributed by atoms with E-state index in [1.165, 1.54) is 6.07 Å². The molecule has 0 aliphatic carbocycles. The summed E-state index contributed by atoms with van der Waals surface area (Å²) in [5.74, 6) is -1.97. The Morgan fingerprint density at radius 1 is 1.12 bits per heavy atom. The van der Waals surface area contributed by atoms with Gasteiger partial charge in [-0.1, -0.05) is 35.9 Å². The lowest BCUT2D eigenvalue weighted by Gasteiger charge is -2.17. The van der Waals surface area contributed by atoms with Crippen LogP contribution in [-0.4, -0.2) is 28.9 Å². The van der Waals surface area contributed by atoms with Crippen LogP contribution in [0, 0.1) is 0 Å². The number of anilines is 2. The lowest BCUT2D eigenvalue weighted by molar-refractivity contribution is -0.121. The van der Waals surface area contributed by atoms with Crippen LogP contribution in [0.25, 0.3) is 0 Å². The lowest BCUT2D eigenvalue weighted by atomic mass is 10.1. The van der Waals surface area contributed by atoms with Crippen LogP contribution in [0.5, 0.6) is 0 Å². The quantitative estimate of drug-likeness (QED) is 0.833. The Morgan fingerprint density at radius 2 is 1.79 bits per heavy atom. The average molecular weight is 345 g/mol. The number of nitrogens with zero attached hydrogens (tertiary/aromatic N) is 1. The van der Waals surface area contributed by atoms with Crippen LogP contribution in [0.3, 0.4) is 0 Å². The number of amides is 2. The minimum Gasteiger partial charge on any atom is -0.478 e. The van der Waals surface area contributed by atoms with Crippen molar-refractivity contribution in [3.05, 3.63) is 59.1 Å². The first-order chi connectivity index (χ1) is 11.5. The van der Waals surface area contributed by atoms with Crippen molar-refractivity contribution in [3.63, 3.8) is 0 Å². The molecule has 1 aliphatic rings. The third kappa shape index (κ3) is 2.83. The second-order valence-corrected chi connectivity index (χ2v) is 5.68. The van der Waals surface area contributed by atoms with E-state index >= 15 is 0 Å². The van der Waals surface area contributed by atoms with Gasteiger partial charge in [-0.05, 0) is 24.3 Å². The fraction of sp³-hybridized carbons (Fsp3) is 0.118. The fourth-order valence-corrected chi connectivity index (χ4v) is 2.83. The number of hydrogen-bond acceptors (Lipinski definition) is 4. The number of carbonyl (C=O) groups excluding carboxylic acids is 2. The highest BCUT2D eigenvalue weighted by molar-refractivity contribution is 6.36. The topological polar surface area (TPSA) is 86.7 Å². The van der Waals surface area contributed by atoms with E-state index in [0.29, 0.717) is 10.7 Å². The first kappa shape index (κ1) is 16.0. The number of aromatic carboxylic acids is 1. The van der Waals surface area contributed by atoms with E-state index in [1.54, 1.807) is 42.5 Å². The Hall–Kier alpha value is -2.86. The number of carboxylic acid groups (broad SMARTS) is 1. The Kier molecular flexibility index (Phi) is 4.22. The smallest absolute Gasteiger partial charge is 0.337 e. The number of halogens is 1. The zero-order valence-corrected chi connectivity index (χ0v) is 13.2. The lowest BCUT2D eigenvalue weighted by Crippen LogP contribution is -2.35. The third-order valence-electron chi connectivity index (χ3n) is 3.73. The molecule has 0 bridgehead atoms. The van der Waals surface area contributed by atoms with Crippen molar-refractivity contribution >= 4 is 40.8 Å². The number of para-hydroxylation sites is 2. The van der Waals surface area contributed by atoms with Crippen molar-refractivity contribution < 1.29 is 19.5 Å². The molecular formula is C17H13ClN2O4. The molecule has 2 N–H and O–H groups in total. The minimum absolute atomic E-state index is 0.0361. The van der Waals surface area contributed by atoms with Gasteiger partial charge in [-0.2, -0.15) is 0 Å². The molecule has 1 saturated heterocycles. The summed E-state index contributed by atoms with van der Waals surface area (Å²) in [5, 5.41) is 12.4. The largest absolute Gasteiger partial charge is 0.478 e. The summed E-state index contributed by atoms with van der Waals surface area (Å²) in [7, 11) is 0. The van der Waals surface area contributed by atoms with Crippen LogP contribution in [0.1, 0.15) is 16.8 Å². The van der Waals surface area contributed by atoms with Crippen molar-refractivity contribution in [3.8, 4) is 0 Å². The second-order valence-electron chi connectivity index (χ2n) is 5.27. The maximum atomic E-state index is 12.6. The highest BCUT2D eigenvalue weighted by atomic mass is 35.5. The Balaban J connectivity index is 1.88. The van der Waals surface area contributed by atoms with Gasteiger partial charge in [0.05, 0.1) is 22.7 Å². The molecule has 122 valence electrons. The normalized spacial score (nSPS) is 17.2. The molecule has 7 heteroatoms. The molecule has 1 aliphatic heterocycles. The maximum Gasteiger partial charge on any atom is 0.337 e. The number of imide groups is 1. The summed E-state index contributed by atoms with van der Waals surface area (Å²) in [5.41, 5.74) is 0.649. The minimum atomic E-state index is -1.11. The molecule has 1 heterocycles. The standard InChI is InChI=1S/C17H13ClN2O4/c18-11-6-2-4-8-14(11)20-15(21)9-13(16(20)22)19-12-7-3-1-5-10(12)17(23)24/h1-8,13,19H,9H2,(H,23,24). The van der Waals surface area contributed by atoms with Gasteiger partial charge in [0.2, 0.25) is 5.91 Å². The zero-order valence-electron chi connectivity index (χ0n) is 12.4. The summed E-state index contributed by atoms with van der Waals surface area (Å²) in [4.78, 5) is 37.1. The number of hydrogen-bond donors (Lipinski definition) is 2. The molecule has 0 spiro atoms. The van der Waals surface area contributed by atoms with Gasteiger partial charge >= 0.3 is 5.97 Å². The molecule has 6 nitrogen and oxygen atoms in total. The van der Waals surface area contributed by atoms with Crippen molar-refractivity contribution in [2.24, 2.45) is 0 Å². The molecule has 24 heavy (non-hydrogen) atoms. The molecule has 0 aromatic heterocycles. The van der Waals surface area contributed by atoms with Gasteiger partial charge in [0.25, 0.3) is 5.91 Å². The molecule has 1 atom stereocenters. The van der Waals surface area contributed by atoms with E-state index in [1.807, 2.05) is 0 Å². The van der Waals surface area contributed by atoms with E-state index < -0.39 is 23.8 Å². The summed E-state index contributed by atoms with van der Waals surface area (Å²) < 4.78 is 0. The van der Waals surface area contributed by atoms with Gasteiger partial charge in [-0.25, -0.2) is 9.69 Å². The summed E-state index contributed by atoms with van der Waals surface area (Å²) in [6.45, 7) is 0. The van der Waals surface area contributed by atoms with Crippen molar-refractivity contribution in [1.82, 2.24) is 0 Å². The van der Waals surface area contributed by atoms with E-state index in [2.05, 4.69) is 5.32 Å². The molecule has 1 fully saturated rings. The summed E-state index contributed by atoms with van der Waals surface area (Å²) in [6, 6.07) is 12.0. The fourth-order valence-electron chi connectivity index (χ4n) is 2.61. The van der Waals surface area contributed by atoms with Gasteiger partial charge in [0, 0.05) is 5.69 Å². The van der Waals surface area contributed by atoms with E-state index in [0.717, 1.165) is 4.90 Å². The molecule has 0 saturated carbocycles. The highest BCUT2D eigenvalue weighted by Gasteiger charge is 2.40. The molecule has 0 radical (unpaired) electrons. The zero-order chi connectivity index (χ0) is 17.3. The van der Waals surface area contributed by atoms with Crippen LogP contribution in [-0.2, 0) is 9.59 Å². The molecular weight excluding hydrogens is 332 g/mol. The third-order valence-corrected chi connectivity index (χ3v) is 4.05. The first-order valence-corrected chi connectivity index (χ1v) is 7.57. The van der Waals surface area contributed by atoms with E-state index in [-0.39, 0.29) is 17.7 Å². The number of benzene rings is 2. The van der Waals surface area contributed by atoms with Crippen LogP contribution < -0.4 is 10.2 Å². The number of carbonyl (C=O) groups is 3. The van der Waals surface area contributed by atoms with Crippen molar-refractivity contribution in [2.75, 3.05) is 10.2 Å². The van der Waals surface area contributed by atoms with Crippen molar-refractivity contribution in [2.45, 2.75) is 12.5 Å². The number of carboxylic acids is 1. The summed E-state index contributed by atoms with van der Waals surface area (Å²) in [6.07, 6.45) is -0.0714. The Labute approximate surface area is 142 Å². The molecule has 2 aromatic carbocycles. The van der Waals surface area contributed by atoms with Gasteiger partial charge in [0.1, 0.15) is 6.04 Å². The van der Waals surface area contributed by atoms with Gasteiger partial charge < -0.3 is 10.4 Å². The number of rotatable bonds is 4. The second kappa shape index (κ2) is 6.33. The van der Waals surface area contributed by atoms with Crippen LogP contribution >= 0.6 is 11.6 Å². The maximum absolute atomic E-state index is 12.6. The predicted octanol–water partition coefficient (Wildman–Crippen LogP) is 2.78. The number of nitrogens with one attached hydrogen (secondary N) is 1. The van der Waals surface area contributed by atoms with Crippen LogP contribution in [0.4, 0.5) is 11.4 Å². The Bertz CT molecular complexity index is 837. The molecule has 3 rings (SSSR count). The monoisotopic (exact) mass is 344 g/mol. The first-order valence-electron chi connectivity index (χ1n) is 7.19. The van der Waals surface area contributed by atoms with Crippen LogP contribution in [0.15, 0.2) is 48.5 Å². The van der Waals surface area contributed by atoms with Crippen molar-refractivity contribution in [1.29, 1.82) is 0 Å². The SMILES string of the molecule is O=C(O)c1ccccc1NC1CC(=O)N(c2ccccc2Cl)C1=O. The molecule has 2 amide bonds. The Morgan fingerprint density at radius 3 is 2.50 bits per heavy atom. The van der Waals surface area contributed by atoms with Gasteiger partial charge in [-0.3, -0.25) is 9.59 Å². The van der Waals surface area contributed by atoms with Crippen LogP contribution in [0.2, 0.25) is 5.02 Å². The summed E-state index contributed by atoms with van der Waals surface area (Å²) >= 11 is 6.07.